The molecule has 0 unspecified atom stereocenters. The van der Waals surface area contributed by atoms with E-state index in [0.29, 0.717) is 30.3 Å². The van der Waals surface area contributed by atoms with Crippen LogP contribution in [0.1, 0.15) is 43.0 Å². The number of amides is 2. The van der Waals surface area contributed by atoms with Gasteiger partial charge in [0.2, 0.25) is 0 Å². The molecule has 0 aliphatic carbocycles. The number of esters is 1. The molecule has 0 radical (unpaired) electrons. The van der Waals surface area contributed by atoms with E-state index in [2.05, 4.69) is 15.2 Å². The quantitative estimate of drug-likeness (QED) is 0.480. The Kier molecular flexibility index (Phi) is 10.0. The molecule has 1 saturated heterocycles. The van der Waals surface area contributed by atoms with E-state index < -0.39 is 17.6 Å². The molecule has 2 amide bonds. The van der Waals surface area contributed by atoms with Gasteiger partial charge in [-0.15, -0.1) is 11.3 Å². The van der Waals surface area contributed by atoms with Crippen LogP contribution in [0, 0.1) is 0 Å². The Morgan fingerprint density at radius 3 is 2.77 bits per heavy atom. The number of benzene rings is 1. The van der Waals surface area contributed by atoms with Crippen LogP contribution in [0.2, 0.25) is 0 Å². The summed E-state index contributed by atoms with van der Waals surface area (Å²) in [5, 5.41) is 15.4. The summed E-state index contributed by atoms with van der Waals surface area (Å²) in [6.45, 7) is 7.51. The summed E-state index contributed by atoms with van der Waals surface area (Å²) in [7, 11) is 1.65. The number of nitrogens with zero attached hydrogens (tertiary/aromatic N) is 3. The number of hydrogen-bond donors (Lipinski definition) is 2. The molecule has 1 aliphatic heterocycles. The van der Waals surface area contributed by atoms with Gasteiger partial charge in [0, 0.05) is 38.7 Å². The molecule has 0 saturated carbocycles. The normalized spacial score (nSPS) is 15.8. The molecule has 0 spiro atoms. The molecular weight excluding hydrogens is 468 g/mol. The fourth-order valence-corrected chi connectivity index (χ4v) is 4.48. The van der Waals surface area contributed by atoms with E-state index in [9.17, 15) is 14.7 Å². The lowest BCUT2D eigenvalue weighted by atomic mass is 10.1. The minimum absolute atomic E-state index is 0.151. The van der Waals surface area contributed by atoms with Crippen LogP contribution in [0.5, 0.6) is 0 Å². The van der Waals surface area contributed by atoms with Crippen molar-refractivity contribution in [2.75, 3.05) is 39.9 Å². The van der Waals surface area contributed by atoms with E-state index in [-0.39, 0.29) is 19.2 Å². The molecule has 2 N–H and O–H groups in total. The predicted octanol–water partition coefficient (Wildman–Crippen LogP) is 2.74. The van der Waals surface area contributed by atoms with Gasteiger partial charge < -0.3 is 29.7 Å². The molecule has 1 aliphatic rings. The zero-order valence-corrected chi connectivity index (χ0v) is 21.6. The Balaban J connectivity index is 1.60. The van der Waals surface area contributed by atoms with Gasteiger partial charge in [-0.1, -0.05) is 30.3 Å². The fourth-order valence-electron chi connectivity index (χ4n) is 3.65. The molecule has 9 nitrogen and oxygen atoms in total. The van der Waals surface area contributed by atoms with Crippen molar-refractivity contribution in [1.29, 1.82) is 0 Å². The number of urea groups is 1. The second-order valence-corrected chi connectivity index (χ2v) is 10.1. The van der Waals surface area contributed by atoms with Gasteiger partial charge in [-0.3, -0.25) is 0 Å². The number of hydrogen-bond acceptors (Lipinski definition) is 8. The van der Waals surface area contributed by atoms with Crippen molar-refractivity contribution in [3.8, 4) is 0 Å². The number of ether oxygens (including phenoxy) is 2. The lowest BCUT2D eigenvalue weighted by molar-refractivity contribution is -0.147. The standard InChI is InChI=1S/C25H36N4O5S/c1-25(2,32)23-26-20(18-35-23)16-28(3)24(31)27-21(10-12-29-11-7-14-33-15-13-29)22(30)34-17-19-8-5-4-6-9-19/h4-6,8-9,18,21,32H,7,10-17H2,1-3H3,(H,27,31)/t21-/m0/s1. The lowest BCUT2D eigenvalue weighted by Crippen LogP contribution is -2.48. The van der Waals surface area contributed by atoms with Crippen molar-refractivity contribution in [1.82, 2.24) is 20.1 Å². The van der Waals surface area contributed by atoms with Crippen LogP contribution in [-0.2, 0) is 33.0 Å². The highest BCUT2D eigenvalue weighted by Gasteiger charge is 2.26. The number of carbonyl (C=O) groups excluding carboxylic acids is 2. The Hall–Kier alpha value is -2.53. The highest BCUT2D eigenvalue weighted by atomic mass is 32.1. The van der Waals surface area contributed by atoms with Crippen molar-refractivity contribution in [3.05, 3.63) is 52.0 Å². The summed E-state index contributed by atoms with van der Waals surface area (Å²) < 4.78 is 11.1. The predicted molar refractivity (Wildman–Crippen MR) is 134 cm³/mol. The Morgan fingerprint density at radius 1 is 1.29 bits per heavy atom. The molecule has 1 aromatic heterocycles. The maximum atomic E-state index is 13.0. The van der Waals surface area contributed by atoms with Crippen molar-refractivity contribution in [3.63, 3.8) is 0 Å². The maximum absolute atomic E-state index is 13.0. The molecule has 2 heterocycles. The smallest absolute Gasteiger partial charge is 0.329 e. The van der Waals surface area contributed by atoms with Gasteiger partial charge in [-0.25, -0.2) is 14.6 Å². The van der Waals surface area contributed by atoms with Gasteiger partial charge in [-0.05, 0) is 32.3 Å². The van der Waals surface area contributed by atoms with Crippen LogP contribution in [0.25, 0.3) is 0 Å². The minimum Gasteiger partial charge on any atom is -0.459 e. The number of thiazole rings is 1. The van der Waals surface area contributed by atoms with Gasteiger partial charge >= 0.3 is 12.0 Å². The van der Waals surface area contributed by atoms with Crippen molar-refractivity contribution in [2.24, 2.45) is 0 Å². The molecule has 35 heavy (non-hydrogen) atoms. The van der Waals surface area contributed by atoms with Crippen LogP contribution in [0.15, 0.2) is 35.7 Å². The Labute approximate surface area is 211 Å². The average Bonchev–Trinajstić information content (AvgIpc) is 3.16. The van der Waals surface area contributed by atoms with Crippen LogP contribution in [-0.4, -0.2) is 77.8 Å². The second kappa shape index (κ2) is 13.0. The third-order valence-corrected chi connectivity index (χ3v) is 6.88. The summed E-state index contributed by atoms with van der Waals surface area (Å²) in [4.78, 5) is 34.0. The molecular formula is C25H36N4O5S. The number of rotatable bonds is 10. The van der Waals surface area contributed by atoms with Crippen LogP contribution < -0.4 is 5.32 Å². The van der Waals surface area contributed by atoms with Gasteiger partial charge in [-0.2, -0.15) is 0 Å². The zero-order chi connectivity index (χ0) is 25.3. The fraction of sp³-hybridized carbons (Fsp3) is 0.560. The summed E-state index contributed by atoms with van der Waals surface area (Å²) in [6.07, 6.45) is 1.38. The first-order valence-electron chi connectivity index (χ1n) is 11.9. The molecule has 2 aromatic rings. The van der Waals surface area contributed by atoms with Crippen molar-refractivity contribution >= 4 is 23.3 Å². The summed E-state index contributed by atoms with van der Waals surface area (Å²) in [5.74, 6) is -0.459. The van der Waals surface area contributed by atoms with E-state index >= 15 is 0 Å². The highest BCUT2D eigenvalue weighted by molar-refractivity contribution is 7.09. The highest BCUT2D eigenvalue weighted by Crippen LogP contribution is 2.23. The number of carbonyl (C=O) groups is 2. The Morgan fingerprint density at radius 2 is 2.06 bits per heavy atom. The molecule has 1 fully saturated rings. The monoisotopic (exact) mass is 504 g/mol. The van der Waals surface area contributed by atoms with Crippen molar-refractivity contribution < 1.29 is 24.2 Å². The molecule has 3 rings (SSSR count). The first-order valence-corrected chi connectivity index (χ1v) is 12.8. The third kappa shape index (κ3) is 8.88. The number of nitrogens with one attached hydrogen (secondary N) is 1. The Bertz CT molecular complexity index is 939. The van der Waals surface area contributed by atoms with Crippen LogP contribution in [0.3, 0.4) is 0 Å². The van der Waals surface area contributed by atoms with E-state index in [1.165, 1.54) is 16.2 Å². The molecule has 192 valence electrons. The molecule has 1 aromatic carbocycles. The van der Waals surface area contributed by atoms with Crippen LogP contribution >= 0.6 is 11.3 Å². The number of aliphatic hydroxyl groups is 1. The van der Waals surface area contributed by atoms with Crippen molar-refractivity contribution in [2.45, 2.75) is 51.5 Å². The van der Waals surface area contributed by atoms with Gasteiger partial charge in [0.15, 0.2) is 0 Å². The SMILES string of the molecule is CN(Cc1csc(C(C)(C)O)n1)C(=O)N[C@@H](CCN1CCCOCC1)C(=O)OCc1ccccc1. The largest absolute Gasteiger partial charge is 0.459 e. The average molecular weight is 505 g/mol. The molecule has 10 heteroatoms. The number of aromatic nitrogens is 1. The second-order valence-electron chi connectivity index (χ2n) is 9.25. The van der Waals surface area contributed by atoms with E-state index in [1.807, 2.05) is 35.7 Å². The van der Waals surface area contributed by atoms with E-state index in [0.717, 1.165) is 31.7 Å². The van der Waals surface area contributed by atoms with Gasteiger partial charge in [0.25, 0.3) is 0 Å². The van der Waals surface area contributed by atoms with E-state index in [4.69, 9.17) is 9.47 Å². The first-order chi connectivity index (χ1) is 16.7. The summed E-state index contributed by atoms with van der Waals surface area (Å²) >= 11 is 1.35. The van der Waals surface area contributed by atoms with Gasteiger partial charge in [0.1, 0.15) is 23.3 Å². The van der Waals surface area contributed by atoms with E-state index in [1.54, 1.807) is 20.9 Å². The topological polar surface area (TPSA) is 104 Å². The summed E-state index contributed by atoms with van der Waals surface area (Å²) in [6, 6.07) is 8.30. The maximum Gasteiger partial charge on any atom is 0.329 e. The third-order valence-electron chi connectivity index (χ3n) is 5.68. The molecule has 0 bridgehead atoms. The zero-order valence-electron chi connectivity index (χ0n) is 20.7. The minimum atomic E-state index is -1.03. The van der Waals surface area contributed by atoms with Crippen LogP contribution in [0.4, 0.5) is 4.79 Å². The first kappa shape index (κ1) is 27.1. The lowest BCUT2D eigenvalue weighted by Gasteiger charge is -2.25. The van der Waals surface area contributed by atoms with Gasteiger partial charge in [0.05, 0.1) is 18.8 Å². The summed E-state index contributed by atoms with van der Waals surface area (Å²) in [5.41, 5.74) is 0.534. The molecule has 1 atom stereocenters.